The SMILES string of the molecule is CCCNC(CCC)C1CCOC(C)(CC)C1. The molecule has 1 N–H and O–H groups in total. The summed E-state index contributed by atoms with van der Waals surface area (Å²) in [6, 6.07) is 0.703. The molecular weight excluding hydrogens is 210 g/mol. The van der Waals surface area contributed by atoms with Crippen molar-refractivity contribution in [1.29, 1.82) is 0 Å². The summed E-state index contributed by atoms with van der Waals surface area (Å²) in [5, 5.41) is 3.75. The van der Waals surface area contributed by atoms with Crippen molar-refractivity contribution in [3.8, 4) is 0 Å². The summed E-state index contributed by atoms with van der Waals surface area (Å²) in [4.78, 5) is 0. The van der Waals surface area contributed by atoms with Gasteiger partial charge in [0.15, 0.2) is 0 Å². The Labute approximate surface area is 108 Å². The Hall–Kier alpha value is -0.0800. The van der Waals surface area contributed by atoms with Gasteiger partial charge < -0.3 is 10.1 Å². The third kappa shape index (κ3) is 4.59. The van der Waals surface area contributed by atoms with Crippen molar-refractivity contribution >= 4 is 0 Å². The van der Waals surface area contributed by atoms with Crippen LogP contribution in [0.15, 0.2) is 0 Å². The average molecular weight is 241 g/mol. The molecule has 1 aliphatic heterocycles. The maximum absolute atomic E-state index is 5.95. The minimum Gasteiger partial charge on any atom is -0.375 e. The Morgan fingerprint density at radius 1 is 1.29 bits per heavy atom. The number of nitrogens with one attached hydrogen (secondary N) is 1. The number of rotatable bonds is 7. The molecule has 0 radical (unpaired) electrons. The summed E-state index contributed by atoms with van der Waals surface area (Å²) in [6.45, 7) is 11.2. The Morgan fingerprint density at radius 3 is 2.65 bits per heavy atom. The fourth-order valence-corrected chi connectivity index (χ4v) is 2.91. The van der Waals surface area contributed by atoms with Crippen LogP contribution in [0.3, 0.4) is 0 Å². The quantitative estimate of drug-likeness (QED) is 0.733. The summed E-state index contributed by atoms with van der Waals surface area (Å²) >= 11 is 0. The van der Waals surface area contributed by atoms with Crippen molar-refractivity contribution in [3.63, 3.8) is 0 Å². The molecule has 1 aliphatic rings. The molecule has 0 saturated carbocycles. The predicted octanol–water partition coefficient (Wildman–Crippen LogP) is 3.75. The van der Waals surface area contributed by atoms with E-state index in [9.17, 15) is 0 Å². The number of ether oxygens (including phenoxy) is 1. The van der Waals surface area contributed by atoms with Gasteiger partial charge in [0, 0.05) is 12.6 Å². The predicted molar refractivity (Wildman–Crippen MR) is 74.4 cm³/mol. The van der Waals surface area contributed by atoms with Gasteiger partial charge in [-0.1, -0.05) is 27.2 Å². The zero-order valence-corrected chi connectivity index (χ0v) is 12.2. The molecule has 3 atom stereocenters. The highest BCUT2D eigenvalue weighted by molar-refractivity contribution is 4.87. The average Bonchev–Trinajstić information content (AvgIpc) is 2.34. The molecule has 1 heterocycles. The Balaban J connectivity index is 2.53. The molecule has 2 nitrogen and oxygen atoms in total. The van der Waals surface area contributed by atoms with Crippen LogP contribution in [0.1, 0.15) is 66.2 Å². The second kappa shape index (κ2) is 7.38. The molecule has 0 spiro atoms. The molecule has 2 heteroatoms. The molecule has 1 saturated heterocycles. The largest absolute Gasteiger partial charge is 0.375 e. The lowest BCUT2D eigenvalue weighted by molar-refractivity contribution is -0.0929. The fourth-order valence-electron chi connectivity index (χ4n) is 2.91. The zero-order valence-electron chi connectivity index (χ0n) is 12.2. The molecule has 3 unspecified atom stereocenters. The second-order valence-corrected chi connectivity index (χ2v) is 5.75. The topological polar surface area (TPSA) is 21.3 Å². The van der Waals surface area contributed by atoms with Crippen LogP contribution in [-0.4, -0.2) is 24.8 Å². The van der Waals surface area contributed by atoms with Gasteiger partial charge in [0.25, 0.3) is 0 Å². The van der Waals surface area contributed by atoms with E-state index in [4.69, 9.17) is 4.74 Å². The van der Waals surface area contributed by atoms with Crippen LogP contribution in [0.25, 0.3) is 0 Å². The molecule has 17 heavy (non-hydrogen) atoms. The standard InChI is InChI=1S/C15H31NO/c1-5-8-14(16-10-6-2)13-9-11-17-15(4,7-3)12-13/h13-14,16H,5-12H2,1-4H3. The van der Waals surface area contributed by atoms with Crippen LogP contribution < -0.4 is 5.32 Å². The fraction of sp³-hybridized carbons (Fsp3) is 1.00. The molecular formula is C15H31NO. The Morgan fingerprint density at radius 2 is 2.06 bits per heavy atom. The van der Waals surface area contributed by atoms with Gasteiger partial charge in [0.1, 0.15) is 0 Å². The van der Waals surface area contributed by atoms with Crippen LogP contribution in [0.5, 0.6) is 0 Å². The van der Waals surface area contributed by atoms with E-state index < -0.39 is 0 Å². The molecule has 0 aromatic rings. The van der Waals surface area contributed by atoms with Crippen LogP contribution in [0.2, 0.25) is 0 Å². The second-order valence-electron chi connectivity index (χ2n) is 5.75. The summed E-state index contributed by atoms with van der Waals surface area (Å²) in [5.41, 5.74) is 0.128. The first-order chi connectivity index (χ1) is 8.15. The van der Waals surface area contributed by atoms with Crippen molar-refractivity contribution in [2.45, 2.75) is 77.9 Å². The summed E-state index contributed by atoms with van der Waals surface area (Å²) in [5.74, 6) is 0.806. The molecule has 1 rings (SSSR count). The first-order valence-electron chi connectivity index (χ1n) is 7.52. The minimum atomic E-state index is 0.128. The Kier molecular flexibility index (Phi) is 6.50. The van der Waals surface area contributed by atoms with Crippen molar-refractivity contribution < 1.29 is 4.74 Å². The van der Waals surface area contributed by atoms with Crippen molar-refractivity contribution in [1.82, 2.24) is 5.32 Å². The first-order valence-corrected chi connectivity index (χ1v) is 7.52. The van der Waals surface area contributed by atoms with Gasteiger partial charge in [-0.2, -0.15) is 0 Å². The van der Waals surface area contributed by atoms with E-state index in [0.717, 1.165) is 25.5 Å². The molecule has 0 bridgehead atoms. The third-order valence-corrected chi connectivity index (χ3v) is 4.21. The molecule has 102 valence electrons. The maximum atomic E-state index is 5.95. The molecule has 0 amide bonds. The Bertz CT molecular complexity index is 207. The van der Waals surface area contributed by atoms with Crippen LogP contribution >= 0.6 is 0 Å². The summed E-state index contributed by atoms with van der Waals surface area (Å²) < 4.78 is 5.95. The monoisotopic (exact) mass is 241 g/mol. The third-order valence-electron chi connectivity index (χ3n) is 4.21. The minimum absolute atomic E-state index is 0.128. The van der Waals surface area contributed by atoms with Gasteiger partial charge in [-0.15, -0.1) is 0 Å². The van der Waals surface area contributed by atoms with Crippen molar-refractivity contribution in [2.24, 2.45) is 5.92 Å². The van der Waals surface area contributed by atoms with Crippen molar-refractivity contribution in [3.05, 3.63) is 0 Å². The van der Waals surface area contributed by atoms with Gasteiger partial charge in [0.2, 0.25) is 0 Å². The number of hydrogen-bond acceptors (Lipinski definition) is 2. The maximum Gasteiger partial charge on any atom is 0.0655 e. The van der Waals surface area contributed by atoms with Gasteiger partial charge >= 0.3 is 0 Å². The lowest BCUT2D eigenvalue weighted by Gasteiger charge is -2.41. The van der Waals surface area contributed by atoms with Gasteiger partial charge in [-0.25, -0.2) is 0 Å². The smallest absolute Gasteiger partial charge is 0.0655 e. The van der Waals surface area contributed by atoms with Crippen molar-refractivity contribution in [2.75, 3.05) is 13.2 Å². The van der Waals surface area contributed by atoms with Crippen LogP contribution in [0, 0.1) is 5.92 Å². The van der Waals surface area contributed by atoms with Gasteiger partial charge in [0.05, 0.1) is 5.60 Å². The molecule has 0 aliphatic carbocycles. The van der Waals surface area contributed by atoms with Gasteiger partial charge in [-0.3, -0.25) is 0 Å². The van der Waals surface area contributed by atoms with Gasteiger partial charge in [-0.05, 0) is 51.5 Å². The van der Waals surface area contributed by atoms with E-state index in [0.29, 0.717) is 6.04 Å². The van der Waals surface area contributed by atoms with Crippen LogP contribution in [-0.2, 0) is 4.74 Å². The molecule has 0 aromatic carbocycles. The molecule has 1 fully saturated rings. The van der Waals surface area contributed by atoms with E-state index in [-0.39, 0.29) is 5.60 Å². The molecule has 0 aromatic heterocycles. The van der Waals surface area contributed by atoms with Crippen LogP contribution in [0.4, 0.5) is 0 Å². The normalized spacial score (nSPS) is 31.4. The van der Waals surface area contributed by atoms with E-state index in [1.165, 1.54) is 32.1 Å². The zero-order chi connectivity index (χ0) is 12.7. The summed E-state index contributed by atoms with van der Waals surface area (Å²) in [6.07, 6.45) is 7.42. The highest BCUT2D eigenvalue weighted by atomic mass is 16.5. The van der Waals surface area contributed by atoms with E-state index in [2.05, 4.69) is 33.0 Å². The lowest BCUT2D eigenvalue weighted by atomic mass is 9.80. The number of hydrogen-bond donors (Lipinski definition) is 1. The lowest BCUT2D eigenvalue weighted by Crippen LogP contribution is -2.45. The van der Waals surface area contributed by atoms with E-state index in [1.807, 2.05) is 0 Å². The highest BCUT2D eigenvalue weighted by Crippen LogP contribution is 2.34. The summed E-state index contributed by atoms with van der Waals surface area (Å²) in [7, 11) is 0. The van der Waals surface area contributed by atoms with E-state index in [1.54, 1.807) is 0 Å². The highest BCUT2D eigenvalue weighted by Gasteiger charge is 2.34. The first kappa shape index (κ1) is 15.0. The van der Waals surface area contributed by atoms with E-state index >= 15 is 0 Å².